The smallest absolute Gasteiger partial charge is 0.164 e. The SMILES string of the molecule is Clc1ccccc1-c1ncnc(-c2ccc3c(c2)C(c2ccccc2)(c2ccccc2)c2ccccc2-3)n1. The molecular formula is C34H22ClN3. The third-order valence-corrected chi connectivity index (χ3v) is 7.73. The van der Waals surface area contributed by atoms with Crippen molar-refractivity contribution < 1.29 is 0 Å². The zero-order valence-electron chi connectivity index (χ0n) is 20.4. The van der Waals surface area contributed by atoms with E-state index in [4.69, 9.17) is 16.6 Å². The third-order valence-electron chi connectivity index (χ3n) is 7.40. The van der Waals surface area contributed by atoms with Crippen molar-refractivity contribution in [3.8, 4) is 33.9 Å². The maximum atomic E-state index is 6.46. The molecule has 0 spiro atoms. The first-order chi connectivity index (χ1) is 18.8. The number of halogens is 1. The highest BCUT2D eigenvalue weighted by atomic mass is 35.5. The van der Waals surface area contributed by atoms with Gasteiger partial charge in [-0.25, -0.2) is 15.0 Å². The fraction of sp³-hybridized carbons (Fsp3) is 0.0294. The molecule has 38 heavy (non-hydrogen) atoms. The summed E-state index contributed by atoms with van der Waals surface area (Å²) in [5, 5.41) is 0.612. The van der Waals surface area contributed by atoms with Gasteiger partial charge in [-0.1, -0.05) is 121 Å². The number of hydrogen-bond donors (Lipinski definition) is 0. The van der Waals surface area contributed by atoms with E-state index < -0.39 is 5.41 Å². The summed E-state index contributed by atoms with van der Waals surface area (Å²) in [7, 11) is 0. The fourth-order valence-electron chi connectivity index (χ4n) is 5.79. The molecule has 5 aromatic carbocycles. The molecule has 1 aromatic heterocycles. The van der Waals surface area contributed by atoms with Gasteiger partial charge in [-0.05, 0) is 51.6 Å². The summed E-state index contributed by atoms with van der Waals surface area (Å²) in [6.07, 6.45) is 1.56. The molecule has 7 rings (SSSR count). The molecule has 0 N–H and O–H groups in total. The predicted molar refractivity (Wildman–Crippen MR) is 153 cm³/mol. The molecular weight excluding hydrogens is 486 g/mol. The summed E-state index contributed by atoms with van der Waals surface area (Å²) in [5.74, 6) is 1.17. The topological polar surface area (TPSA) is 38.7 Å². The first kappa shape index (κ1) is 22.6. The molecule has 1 aliphatic carbocycles. The summed E-state index contributed by atoms with van der Waals surface area (Å²) in [4.78, 5) is 13.8. The van der Waals surface area contributed by atoms with E-state index in [1.54, 1.807) is 6.33 Å². The molecule has 6 aromatic rings. The van der Waals surface area contributed by atoms with Gasteiger partial charge in [0.05, 0.1) is 10.4 Å². The highest BCUT2D eigenvalue weighted by Crippen LogP contribution is 2.56. The zero-order valence-corrected chi connectivity index (χ0v) is 21.2. The van der Waals surface area contributed by atoms with E-state index in [2.05, 4.69) is 113 Å². The van der Waals surface area contributed by atoms with Crippen LogP contribution in [0.3, 0.4) is 0 Å². The molecule has 0 amide bonds. The Balaban J connectivity index is 1.49. The number of nitrogens with zero attached hydrogens (tertiary/aromatic N) is 3. The maximum absolute atomic E-state index is 6.46. The van der Waals surface area contributed by atoms with Gasteiger partial charge in [0.2, 0.25) is 0 Å². The molecule has 0 saturated heterocycles. The fourth-order valence-corrected chi connectivity index (χ4v) is 6.01. The maximum Gasteiger partial charge on any atom is 0.164 e. The van der Waals surface area contributed by atoms with Crippen molar-refractivity contribution in [1.82, 2.24) is 15.0 Å². The summed E-state index contributed by atoms with van der Waals surface area (Å²) < 4.78 is 0. The minimum atomic E-state index is -0.469. The minimum Gasteiger partial charge on any atom is -0.217 e. The summed E-state index contributed by atoms with van der Waals surface area (Å²) in [6, 6.07) is 44.4. The number of rotatable bonds is 4. The van der Waals surface area contributed by atoms with Crippen LogP contribution in [-0.2, 0) is 5.41 Å². The Morgan fingerprint density at radius 2 is 1.08 bits per heavy atom. The number of fused-ring (bicyclic) bond motifs is 3. The molecule has 0 bridgehead atoms. The Kier molecular flexibility index (Phi) is 5.38. The molecule has 0 fully saturated rings. The van der Waals surface area contributed by atoms with Gasteiger partial charge in [0.25, 0.3) is 0 Å². The lowest BCUT2D eigenvalue weighted by Gasteiger charge is -2.34. The molecule has 0 radical (unpaired) electrons. The molecule has 0 atom stereocenters. The Labute approximate surface area is 226 Å². The Morgan fingerprint density at radius 3 is 1.79 bits per heavy atom. The van der Waals surface area contributed by atoms with Crippen LogP contribution in [0.25, 0.3) is 33.9 Å². The van der Waals surface area contributed by atoms with Gasteiger partial charge in [0.1, 0.15) is 6.33 Å². The lowest BCUT2D eigenvalue weighted by Crippen LogP contribution is -2.28. The van der Waals surface area contributed by atoms with Gasteiger partial charge in [-0.15, -0.1) is 0 Å². The van der Waals surface area contributed by atoms with Crippen molar-refractivity contribution >= 4 is 11.6 Å². The standard InChI is InChI=1S/C34H22ClN3/c35-31-18-10-8-16-28(31)33-37-22-36-32(38-33)23-19-20-27-26-15-7-9-17-29(26)34(30(27)21-23,24-11-3-1-4-12-24)25-13-5-2-6-14-25/h1-22H. The van der Waals surface area contributed by atoms with Crippen molar-refractivity contribution in [2.24, 2.45) is 0 Å². The highest BCUT2D eigenvalue weighted by molar-refractivity contribution is 6.33. The minimum absolute atomic E-state index is 0.469. The van der Waals surface area contributed by atoms with Crippen LogP contribution in [0.2, 0.25) is 5.02 Å². The largest absolute Gasteiger partial charge is 0.217 e. The van der Waals surface area contributed by atoms with Crippen LogP contribution < -0.4 is 0 Å². The van der Waals surface area contributed by atoms with Crippen LogP contribution in [0.1, 0.15) is 22.3 Å². The van der Waals surface area contributed by atoms with Crippen LogP contribution in [0.15, 0.2) is 134 Å². The average molecular weight is 508 g/mol. The second-order valence-electron chi connectivity index (χ2n) is 9.40. The molecule has 1 heterocycles. The number of aromatic nitrogens is 3. The van der Waals surface area contributed by atoms with Crippen LogP contribution in [0.4, 0.5) is 0 Å². The van der Waals surface area contributed by atoms with Crippen LogP contribution in [0.5, 0.6) is 0 Å². The summed E-state index contributed by atoms with van der Waals surface area (Å²) in [5.41, 5.74) is 8.65. The lowest BCUT2D eigenvalue weighted by atomic mass is 9.67. The van der Waals surface area contributed by atoms with Crippen LogP contribution in [0, 0.1) is 0 Å². The van der Waals surface area contributed by atoms with Gasteiger partial charge in [0.15, 0.2) is 11.6 Å². The third kappa shape index (κ3) is 3.40. The normalized spacial score (nSPS) is 13.1. The Bertz CT molecular complexity index is 1740. The molecule has 0 aliphatic heterocycles. The van der Waals surface area contributed by atoms with E-state index in [1.807, 2.05) is 24.3 Å². The Hall–Kier alpha value is -4.60. The van der Waals surface area contributed by atoms with Gasteiger partial charge in [-0.3, -0.25) is 0 Å². The number of hydrogen-bond acceptors (Lipinski definition) is 3. The summed E-state index contributed by atoms with van der Waals surface area (Å²) >= 11 is 6.46. The monoisotopic (exact) mass is 507 g/mol. The van der Waals surface area contributed by atoms with Crippen molar-refractivity contribution in [3.63, 3.8) is 0 Å². The molecule has 180 valence electrons. The second kappa shape index (κ2) is 9.05. The van der Waals surface area contributed by atoms with E-state index in [9.17, 15) is 0 Å². The van der Waals surface area contributed by atoms with Crippen molar-refractivity contribution in [2.45, 2.75) is 5.41 Å². The van der Waals surface area contributed by atoms with Crippen LogP contribution in [-0.4, -0.2) is 15.0 Å². The highest BCUT2D eigenvalue weighted by Gasteiger charge is 2.46. The second-order valence-corrected chi connectivity index (χ2v) is 9.81. The zero-order chi connectivity index (χ0) is 25.5. The van der Waals surface area contributed by atoms with Crippen LogP contribution >= 0.6 is 11.6 Å². The molecule has 3 nitrogen and oxygen atoms in total. The van der Waals surface area contributed by atoms with Crippen molar-refractivity contribution in [2.75, 3.05) is 0 Å². The number of benzene rings is 5. The van der Waals surface area contributed by atoms with E-state index in [0.29, 0.717) is 16.7 Å². The van der Waals surface area contributed by atoms with Crippen molar-refractivity contribution in [1.29, 1.82) is 0 Å². The molecule has 0 saturated carbocycles. The quantitative estimate of drug-likeness (QED) is 0.241. The molecule has 0 unspecified atom stereocenters. The van der Waals surface area contributed by atoms with Gasteiger partial charge in [0, 0.05) is 11.1 Å². The van der Waals surface area contributed by atoms with Gasteiger partial charge < -0.3 is 0 Å². The van der Waals surface area contributed by atoms with E-state index in [1.165, 1.54) is 33.4 Å². The van der Waals surface area contributed by atoms with Crippen molar-refractivity contribution in [3.05, 3.63) is 161 Å². The first-order valence-electron chi connectivity index (χ1n) is 12.6. The van der Waals surface area contributed by atoms with E-state index in [0.717, 1.165) is 11.1 Å². The van der Waals surface area contributed by atoms with Gasteiger partial charge >= 0.3 is 0 Å². The Morgan fingerprint density at radius 1 is 0.500 bits per heavy atom. The predicted octanol–water partition coefficient (Wildman–Crippen LogP) is 8.22. The molecule has 1 aliphatic rings. The van der Waals surface area contributed by atoms with E-state index in [-0.39, 0.29) is 0 Å². The average Bonchev–Trinajstić information content (AvgIpc) is 3.29. The first-order valence-corrected chi connectivity index (χ1v) is 12.9. The van der Waals surface area contributed by atoms with Gasteiger partial charge in [-0.2, -0.15) is 0 Å². The molecule has 4 heteroatoms. The summed E-state index contributed by atoms with van der Waals surface area (Å²) in [6.45, 7) is 0. The van der Waals surface area contributed by atoms with E-state index >= 15 is 0 Å². The lowest BCUT2D eigenvalue weighted by molar-refractivity contribution is 0.768.